The van der Waals surface area contributed by atoms with Gasteiger partial charge < -0.3 is 10.6 Å². The van der Waals surface area contributed by atoms with Crippen LogP contribution in [0.4, 0.5) is 15.9 Å². The van der Waals surface area contributed by atoms with E-state index < -0.39 is 0 Å². The first-order chi connectivity index (χ1) is 11.7. The Labute approximate surface area is 138 Å². The number of anilines is 2. The maximum absolute atomic E-state index is 12.9. The molecule has 3 rings (SSSR count). The van der Waals surface area contributed by atoms with Gasteiger partial charge in [0.05, 0.1) is 11.9 Å². The quantitative estimate of drug-likeness (QED) is 0.755. The lowest BCUT2D eigenvalue weighted by Gasteiger charge is -2.08. The number of hydrogen-bond acceptors (Lipinski definition) is 4. The summed E-state index contributed by atoms with van der Waals surface area (Å²) in [5, 5.41) is 5.89. The number of benzene rings is 1. The molecule has 2 heterocycles. The third-order valence-electron chi connectivity index (χ3n) is 3.32. The molecule has 0 atom stereocenters. The number of amides is 1. The Morgan fingerprint density at radius 2 is 1.88 bits per heavy atom. The Morgan fingerprint density at radius 3 is 2.54 bits per heavy atom. The van der Waals surface area contributed by atoms with Crippen LogP contribution in [0.25, 0.3) is 0 Å². The Balaban J connectivity index is 1.58. The monoisotopic (exact) mass is 322 g/mol. The van der Waals surface area contributed by atoms with Gasteiger partial charge in [0.25, 0.3) is 5.91 Å². The molecule has 0 bridgehead atoms. The van der Waals surface area contributed by atoms with Gasteiger partial charge in [0.2, 0.25) is 0 Å². The summed E-state index contributed by atoms with van der Waals surface area (Å²) in [5.41, 5.74) is 2.00. The summed E-state index contributed by atoms with van der Waals surface area (Å²) in [4.78, 5) is 20.3. The van der Waals surface area contributed by atoms with E-state index in [2.05, 4.69) is 20.6 Å². The molecule has 5 nitrogen and oxygen atoms in total. The SMILES string of the molecule is O=C(Nc1ccc(NCc2cccnc2)nc1)c1ccc(F)cc1. The van der Waals surface area contributed by atoms with Crippen molar-refractivity contribution in [3.63, 3.8) is 0 Å². The standard InChI is InChI=1S/C18H15FN4O/c19-15-5-3-14(4-6-15)18(24)23-16-7-8-17(22-12-16)21-11-13-2-1-9-20-10-13/h1-10,12H,11H2,(H,21,22)(H,23,24). The fourth-order valence-electron chi connectivity index (χ4n) is 2.07. The molecule has 24 heavy (non-hydrogen) atoms. The zero-order valence-electron chi connectivity index (χ0n) is 12.7. The van der Waals surface area contributed by atoms with Gasteiger partial charge in [-0.1, -0.05) is 6.07 Å². The first-order valence-electron chi connectivity index (χ1n) is 7.36. The van der Waals surface area contributed by atoms with Crippen molar-refractivity contribution in [3.05, 3.63) is 84.1 Å². The second kappa shape index (κ2) is 7.32. The van der Waals surface area contributed by atoms with E-state index in [9.17, 15) is 9.18 Å². The molecule has 2 N–H and O–H groups in total. The number of pyridine rings is 2. The van der Waals surface area contributed by atoms with Gasteiger partial charge in [-0.2, -0.15) is 0 Å². The molecule has 0 unspecified atom stereocenters. The molecule has 0 radical (unpaired) electrons. The van der Waals surface area contributed by atoms with Crippen molar-refractivity contribution >= 4 is 17.4 Å². The van der Waals surface area contributed by atoms with Gasteiger partial charge in [-0.05, 0) is 48.0 Å². The third kappa shape index (κ3) is 4.13. The molecule has 1 aromatic carbocycles. The summed E-state index contributed by atoms with van der Waals surface area (Å²) in [6.07, 6.45) is 5.07. The van der Waals surface area contributed by atoms with Crippen molar-refractivity contribution in [1.29, 1.82) is 0 Å². The molecule has 0 aliphatic carbocycles. The molecule has 0 saturated carbocycles. The summed E-state index contributed by atoms with van der Waals surface area (Å²) < 4.78 is 12.9. The van der Waals surface area contributed by atoms with Crippen LogP contribution < -0.4 is 10.6 Å². The Bertz CT molecular complexity index is 805. The van der Waals surface area contributed by atoms with E-state index in [1.165, 1.54) is 24.3 Å². The Kier molecular flexibility index (Phi) is 4.76. The molecule has 0 aliphatic rings. The van der Waals surface area contributed by atoms with Gasteiger partial charge in [-0.15, -0.1) is 0 Å². The van der Waals surface area contributed by atoms with Crippen molar-refractivity contribution in [2.75, 3.05) is 10.6 Å². The largest absolute Gasteiger partial charge is 0.366 e. The fraction of sp³-hybridized carbons (Fsp3) is 0.0556. The fourth-order valence-corrected chi connectivity index (χ4v) is 2.07. The molecule has 1 amide bonds. The lowest BCUT2D eigenvalue weighted by molar-refractivity contribution is 0.102. The molecule has 3 aromatic rings. The van der Waals surface area contributed by atoms with E-state index in [1.807, 2.05) is 12.1 Å². The summed E-state index contributed by atoms with van der Waals surface area (Å²) in [6.45, 7) is 0.613. The van der Waals surface area contributed by atoms with Crippen LogP contribution in [0.1, 0.15) is 15.9 Å². The first-order valence-corrected chi connectivity index (χ1v) is 7.36. The predicted octanol–water partition coefficient (Wildman–Crippen LogP) is 3.48. The number of nitrogens with one attached hydrogen (secondary N) is 2. The van der Waals surface area contributed by atoms with Crippen LogP contribution in [-0.4, -0.2) is 15.9 Å². The minimum atomic E-state index is -0.378. The molecule has 6 heteroatoms. The number of rotatable bonds is 5. The van der Waals surface area contributed by atoms with Gasteiger partial charge >= 0.3 is 0 Å². The van der Waals surface area contributed by atoms with Crippen LogP contribution in [-0.2, 0) is 6.54 Å². The molecular formula is C18H15FN4O. The Morgan fingerprint density at radius 1 is 1.04 bits per heavy atom. The highest BCUT2D eigenvalue weighted by Gasteiger charge is 2.06. The molecule has 0 fully saturated rings. The van der Waals surface area contributed by atoms with E-state index in [0.717, 1.165) is 5.56 Å². The van der Waals surface area contributed by atoms with Crippen molar-refractivity contribution in [3.8, 4) is 0 Å². The van der Waals surface area contributed by atoms with Gasteiger partial charge in [-0.3, -0.25) is 9.78 Å². The molecule has 120 valence electrons. The smallest absolute Gasteiger partial charge is 0.255 e. The highest BCUT2D eigenvalue weighted by atomic mass is 19.1. The lowest BCUT2D eigenvalue weighted by atomic mass is 10.2. The zero-order valence-corrected chi connectivity index (χ0v) is 12.7. The highest BCUT2D eigenvalue weighted by molar-refractivity contribution is 6.04. The van der Waals surface area contributed by atoms with Crippen LogP contribution in [0.3, 0.4) is 0 Å². The molecule has 0 saturated heterocycles. The summed E-state index contributed by atoms with van der Waals surface area (Å²) in [7, 11) is 0. The zero-order chi connectivity index (χ0) is 16.8. The molecular weight excluding hydrogens is 307 g/mol. The minimum absolute atomic E-state index is 0.312. The van der Waals surface area contributed by atoms with Gasteiger partial charge in [-0.25, -0.2) is 9.37 Å². The van der Waals surface area contributed by atoms with Crippen LogP contribution in [0.2, 0.25) is 0 Å². The van der Waals surface area contributed by atoms with Crippen molar-refractivity contribution in [2.45, 2.75) is 6.54 Å². The van der Waals surface area contributed by atoms with E-state index >= 15 is 0 Å². The van der Waals surface area contributed by atoms with Crippen molar-refractivity contribution in [2.24, 2.45) is 0 Å². The van der Waals surface area contributed by atoms with Gasteiger partial charge in [0, 0.05) is 24.5 Å². The molecule has 2 aromatic heterocycles. The number of nitrogens with zero attached hydrogens (tertiary/aromatic N) is 2. The average Bonchev–Trinajstić information content (AvgIpc) is 2.62. The maximum Gasteiger partial charge on any atom is 0.255 e. The van der Waals surface area contributed by atoms with E-state index in [-0.39, 0.29) is 11.7 Å². The van der Waals surface area contributed by atoms with Crippen LogP contribution in [0.15, 0.2) is 67.1 Å². The summed E-state index contributed by atoms with van der Waals surface area (Å²) in [5.74, 6) is 0.00348. The van der Waals surface area contributed by atoms with Crippen LogP contribution >= 0.6 is 0 Å². The third-order valence-corrected chi connectivity index (χ3v) is 3.32. The van der Waals surface area contributed by atoms with Gasteiger partial charge in [0.1, 0.15) is 11.6 Å². The Hall–Kier alpha value is -3.28. The first kappa shape index (κ1) is 15.6. The summed E-state index contributed by atoms with van der Waals surface area (Å²) in [6, 6.07) is 12.7. The molecule has 0 aliphatic heterocycles. The number of carbonyl (C=O) groups excluding carboxylic acids is 1. The van der Waals surface area contributed by atoms with Crippen LogP contribution in [0.5, 0.6) is 0 Å². The molecule has 0 spiro atoms. The number of aromatic nitrogens is 2. The normalized spacial score (nSPS) is 10.2. The van der Waals surface area contributed by atoms with E-state index in [4.69, 9.17) is 0 Å². The summed E-state index contributed by atoms with van der Waals surface area (Å²) >= 11 is 0. The van der Waals surface area contributed by atoms with Gasteiger partial charge in [0.15, 0.2) is 0 Å². The highest BCUT2D eigenvalue weighted by Crippen LogP contribution is 2.12. The van der Waals surface area contributed by atoms with Crippen molar-refractivity contribution in [1.82, 2.24) is 9.97 Å². The lowest BCUT2D eigenvalue weighted by Crippen LogP contribution is -2.12. The topological polar surface area (TPSA) is 66.9 Å². The number of halogens is 1. The van der Waals surface area contributed by atoms with Crippen molar-refractivity contribution < 1.29 is 9.18 Å². The van der Waals surface area contributed by atoms with Crippen LogP contribution in [0, 0.1) is 5.82 Å². The number of carbonyl (C=O) groups is 1. The number of hydrogen-bond donors (Lipinski definition) is 2. The van der Waals surface area contributed by atoms with E-state index in [0.29, 0.717) is 23.6 Å². The average molecular weight is 322 g/mol. The minimum Gasteiger partial charge on any atom is -0.366 e. The second-order valence-electron chi connectivity index (χ2n) is 5.11. The second-order valence-corrected chi connectivity index (χ2v) is 5.11. The van der Waals surface area contributed by atoms with E-state index in [1.54, 1.807) is 30.7 Å². The predicted molar refractivity (Wildman–Crippen MR) is 90.2 cm³/mol. The maximum atomic E-state index is 12.9.